The summed E-state index contributed by atoms with van der Waals surface area (Å²) in [5.74, 6) is -2.97. The first-order valence-corrected chi connectivity index (χ1v) is 5.35. The number of hydrogen-bond donors (Lipinski definition) is 0. The van der Waals surface area contributed by atoms with E-state index in [1.54, 1.807) is 0 Å². The zero-order valence-electron chi connectivity index (χ0n) is 6.08. The zero-order valence-corrected chi connectivity index (χ0v) is 7.65. The lowest BCUT2D eigenvalue weighted by atomic mass is 10.1. The fraction of sp³-hybridized carbons (Fsp3) is 1.00. The molecule has 0 atom stereocenters. The van der Waals surface area contributed by atoms with E-state index in [1.165, 1.54) is 0 Å². The van der Waals surface area contributed by atoms with Gasteiger partial charge in [0.2, 0.25) is 0 Å². The monoisotopic (exact) mass is 219 g/mol. The first kappa shape index (κ1) is 10.1. The van der Waals surface area contributed by atoms with Crippen LogP contribution in [0.3, 0.4) is 0 Å². The molecule has 0 aromatic heterocycles. The van der Waals surface area contributed by atoms with Crippen molar-refractivity contribution >= 4 is 21.6 Å². The average molecular weight is 220 g/mol. The molecule has 1 fully saturated rings. The van der Waals surface area contributed by atoms with Crippen molar-refractivity contribution in [2.75, 3.05) is 19.0 Å². The van der Waals surface area contributed by atoms with E-state index in [1.807, 2.05) is 0 Å². The summed E-state index contributed by atoms with van der Waals surface area (Å²) in [4.78, 5) is 0. The molecule has 0 bridgehead atoms. The van der Waals surface area contributed by atoms with Gasteiger partial charge in [0.25, 0.3) is 10.0 Å². The summed E-state index contributed by atoms with van der Waals surface area (Å²) >= 11 is 5.39. The zero-order chi connectivity index (χ0) is 9.35. The van der Waals surface area contributed by atoms with Gasteiger partial charge in [-0.25, -0.2) is 8.42 Å². The third-order valence-electron chi connectivity index (χ3n) is 1.73. The highest BCUT2D eigenvalue weighted by Gasteiger charge is 2.40. The van der Waals surface area contributed by atoms with Crippen LogP contribution in [0.5, 0.6) is 0 Å². The van der Waals surface area contributed by atoms with Gasteiger partial charge in [0, 0.05) is 24.9 Å². The van der Waals surface area contributed by atoms with Gasteiger partial charge in [0.05, 0.1) is 0 Å². The SMILES string of the molecule is O=S(=O)(C(F)F)N1CC(CCl)C1. The van der Waals surface area contributed by atoms with Gasteiger partial charge < -0.3 is 0 Å². The molecule has 0 saturated carbocycles. The van der Waals surface area contributed by atoms with Crippen LogP contribution in [-0.4, -0.2) is 37.5 Å². The van der Waals surface area contributed by atoms with E-state index in [2.05, 4.69) is 0 Å². The van der Waals surface area contributed by atoms with Gasteiger partial charge in [-0.15, -0.1) is 11.6 Å². The maximum Gasteiger partial charge on any atom is 0.350 e. The summed E-state index contributed by atoms with van der Waals surface area (Å²) in [7, 11) is -4.34. The summed E-state index contributed by atoms with van der Waals surface area (Å²) < 4.78 is 45.9. The van der Waals surface area contributed by atoms with Gasteiger partial charge >= 0.3 is 5.76 Å². The molecule has 0 N–H and O–H groups in total. The van der Waals surface area contributed by atoms with E-state index in [0.29, 0.717) is 5.88 Å². The van der Waals surface area contributed by atoms with Crippen LogP contribution in [0, 0.1) is 5.92 Å². The third kappa shape index (κ3) is 1.70. The van der Waals surface area contributed by atoms with Crippen LogP contribution in [0.4, 0.5) is 8.78 Å². The molecule has 0 unspecified atom stereocenters. The Kier molecular flexibility index (Phi) is 2.90. The topological polar surface area (TPSA) is 37.4 Å². The number of rotatable bonds is 3. The number of hydrogen-bond acceptors (Lipinski definition) is 2. The Labute approximate surface area is 74.3 Å². The van der Waals surface area contributed by atoms with Crippen molar-refractivity contribution in [3.05, 3.63) is 0 Å². The Morgan fingerprint density at radius 2 is 2.00 bits per heavy atom. The lowest BCUT2D eigenvalue weighted by molar-refractivity contribution is 0.176. The highest BCUT2D eigenvalue weighted by atomic mass is 35.5. The molecule has 1 aliphatic rings. The van der Waals surface area contributed by atoms with Crippen LogP contribution in [0.1, 0.15) is 0 Å². The molecule has 7 heteroatoms. The van der Waals surface area contributed by atoms with E-state index in [0.717, 1.165) is 4.31 Å². The fourth-order valence-corrected chi connectivity index (χ4v) is 2.20. The van der Waals surface area contributed by atoms with E-state index < -0.39 is 15.8 Å². The van der Waals surface area contributed by atoms with Crippen molar-refractivity contribution < 1.29 is 17.2 Å². The van der Waals surface area contributed by atoms with Gasteiger partial charge in [0.15, 0.2) is 0 Å². The molecule has 0 amide bonds. The maximum atomic E-state index is 11.9. The van der Waals surface area contributed by atoms with E-state index in [-0.39, 0.29) is 19.0 Å². The molecule has 1 aliphatic heterocycles. The van der Waals surface area contributed by atoms with Crippen molar-refractivity contribution in [3.8, 4) is 0 Å². The summed E-state index contributed by atoms with van der Waals surface area (Å²) in [6, 6.07) is 0. The quantitative estimate of drug-likeness (QED) is 0.656. The highest BCUT2D eigenvalue weighted by molar-refractivity contribution is 7.89. The van der Waals surface area contributed by atoms with E-state index in [4.69, 9.17) is 11.6 Å². The first-order chi connectivity index (χ1) is 5.48. The second-order valence-corrected chi connectivity index (χ2v) is 4.85. The Hall–Kier alpha value is 0.0600. The van der Waals surface area contributed by atoms with Crippen LogP contribution in [-0.2, 0) is 10.0 Å². The minimum absolute atomic E-state index is 0.0280. The minimum Gasteiger partial charge on any atom is -0.206 e. The van der Waals surface area contributed by atoms with Crippen molar-refractivity contribution in [2.24, 2.45) is 5.92 Å². The van der Waals surface area contributed by atoms with Gasteiger partial charge in [-0.3, -0.25) is 0 Å². The van der Waals surface area contributed by atoms with Gasteiger partial charge in [-0.05, 0) is 0 Å². The molecule has 0 aromatic carbocycles. The second-order valence-electron chi connectivity index (χ2n) is 2.64. The molecule has 12 heavy (non-hydrogen) atoms. The molecule has 72 valence electrons. The normalized spacial score (nSPS) is 21.3. The van der Waals surface area contributed by atoms with E-state index in [9.17, 15) is 17.2 Å². The van der Waals surface area contributed by atoms with Gasteiger partial charge in [0.1, 0.15) is 0 Å². The largest absolute Gasteiger partial charge is 0.350 e. The maximum absolute atomic E-state index is 11.9. The molecule has 1 saturated heterocycles. The predicted molar refractivity (Wildman–Crippen MR) is 40.7 cm³/mol. The molecular formula is C5H8ClF2NO2S. The van der Waals surface area contributed by atoms with E-state index >= 15 is 0 Å². The summed E-state index contributed by atoms with van der Waals surface area (Å²) in [5, 5.41) is 0. The third-order valence-corrected chi connectivity index (χ3v) is 3.63. The molecule has 1 heterocycles. The van der Waals surface area contributed by atoms with Gasteiger partial charge in [-0.1, -0.05) is 0 Å². The molecule has 3 nitrogen and oxygen atoms in total. The molecule has 0 radical (unpaired) electrons. The lowest BCUT2D eigenvalue weighted by Crippen LogP contribution is -2.52. The lowest BCUT2D eigenvalue weighted by Gasteiger charge is -2.36. The Balaban J connectivity index is 2.53. The van der Waals surface area contributed by atoms with Crippen LogP contribution < -0.4 is 0 Å². The standard InChI is InChI=1S/C5H8ClF2NO2S/c6-1-4-2-9(3-4)12(10,11)5(7)8/h4-5H,1-3H2. The number of alkyl halides is 3. The predicted octanol–water partition coefficient (Wildman–Crippen LogP) is 0.709. The molecule has 0 aromatic rings. The van der Waals surface area contributed by atoms with Gasteiger partial charge in [-0.2, -0.15) is 13.1 Å². The number of sulfonamides is 1. The van der Waals surface area contributed by atoms with Crippen LogP contribution in [0.15, 0.2) is 0 Å². The number of halogens is 3. The van der Waals surface area contributed by atoms with Crippen molar-refractivity contribution in [2.45, 2.75) is 5.76 Å². The Morgan fingerprint density at radius 3 is 2.33 bits per heavy atom. The Morgan fingerprint density at radius 1 is 1.50 bits per heavy atom. The minimum atomic E-state index is -4.34. The fourth-order valence-electron chi connectivity index (χ4n) is 0.941. The summed E-state index contributed by atoms with van der Waals surface area (Å²) in [6.07, 6.45) is 0. The van der Waals surface area contributed by atoms with Crippen LogP contribution >= 0.6 is 11.6 Å². The second kappa shape index (κ2) is 3.43. The summed E-state index contributed by atoms with van der Waals surface area (Å²) in [6.45, 7) is 0.242. The van der Waals surface area contributed by atoms with Crippen molar-refractivity contribution in [1.82, 2.24) is 4.31 Å². The number of nitrogens with zero attached hydrogens (tertiary/aromatic N) is 1. The molecule has 1 rings (SSSR count). The van der Waals surface area contributed by atoms with Crippen molar-refractivity contribution in [3.63, 3.8) is 0 Å². The van der Waals surface area contributed by atoms with Crippen molar-refractivity contribution in [1.29, 1.82) is 0 Å². The first-order valence-electron chi connectivity index (χ1n) is 3.31. The Bertz CT molecular complexity index is 250. The average Bonchev–Trinajstić information content (AvgIpc) is 1.84. The van der Waals surface area contributed by atoms with Crippen LogP contribution in [0.2, 0.25) is 0 Å². The molecule has 0 aliphatic carbocycles. The highest BCUT2D eigenvalue weighted by Crippen LogP contribution is 2.23. The molecule has 0 spiro atoms. The van der Waals surface area contributed by atoms with Crippen LogP contribution in [0.25, 0.3) is 0 Å². The molecular weight excluding hydrogens is 212 g/mol. The smallest absolute Gasteiger partial charge is 0.206 e. The summed E-state index contributed by atoms with van der Waals surface area (Å²) in [5.41, 5.74) is 0.